The Balaban J connectivity index is 1.50. The number of halogens is 1. The fourth-order valence-electron chi connectivity index (χ4n) is 3.27. The molecule has 1 saturated carbocycles. The summed E-state index contributed by atoms with van der Waals surface area (Å²) in [5.74, 6) is 2.13. The number of amides is 1. The summed E-state index contributed by atoms with van der Waals surface area (Å²) in [6.45, 7) is 3.60. The van der Waals surface area contributed by atoms with E-state index in [0.717, 1.165) is 12.0 Å². The highest BCUT2D eigenvalue weighted by molar-refractivity contribution is 6.30. The van der Waals surface area contributed by atoms with Crippen molar-refractivity contribution in [2.24, 2.45) is 22.9 Å². The molecule has 4 atom stereocenters. The van der Waals surface area contributed by atoms with E-state index in [1.807, 2.05) is 19.2 Å². The molecule has 122 valence electrons. The summed E-state index contributed by atoms with van der Waals surface area (Å²) in [6.07, 6.45) is 8.16. The number of hydrogen-bond acceptors (Lipinski definition) is 3. The molecule has 0 spiro atoms. The summed E-state index contributed by atoms with van der Waals surface area (Å²) in [7, 11) is 0. The Labute approximate surface area is 141 Å². The lowest BCUT2D eigenvalue weighted by atomic mass is 9.95. The molecule has 2 aliphatic rings. The molecular formula is C18H21ClN2O2. The number of hydrazone groups is 1. The van der Waals surface area contributed by atoms with Gasteiger partial charge in [0, 0.05) is 17.2 Å². The van der Waals surface area contributed by atoms with Crippen molar-refractivity contribution in [3.63, 3.8) is 0 Å². The number of ether oxygens (including phenoxy) is 1. The average Bonchev–Trinajstić information content (AvgIpc) is 3.12. The SMILES string of the molecule is Cc1cc(Cl)ccc1OC(C)C(=O)NN=CC1CC2C=CC1C2. The molecule has 5 heteroatoms. The van der Waals surface area contributed by atoms with Gasteiger partial charge in [-0.25, -0.2) is 5.43 Å². The van der Waals surface area contributed by atoms with E-state index in [1.165, 1.54) is 6.42 Å². The molecule has 1 amide bonds. The number of nitrogens with zero attached hydrogens (tertiary/aromatic N) is 1. The van der Waals surface area contributed by atoms with Gasteiger partial charge in [-0.05, 0) is 62.3 Å². The minimum atomic E-state index is -0.619. The van der Waals surface area contributed by atoms with Crippen LogP contribution in [0, 0.1) is 24.7 Å². The molecule has 0 aliphatic heterocycles. The first-order valence-electron chi connectivity index (χ1n) is 7.97. The van der Waals surface area contributed by atoms with Crippen molar-refractivity contribution in [3.8, 4) is 5.75 Å². The first kappa shape index (κ1) is 16.1. The van der Waals surface area contributed by atoms with Crippen molar-refractivity contribution in [3.05, 3.63) is 40.9 Å². The number of hydrogen-bond donors (Lipinski definition) is 1. The molecule has 4 unspecified atom stereocenters. The minimum absolute atomic E-state index is 0.255. The number of allylic oxidation sites excluding steroid dienone is 2. The number of rotatable bonds is 5. The molecule has 0 aromatic heterocycles. The van der Waals surface area contributed by atoms with Crippen LogP contribution in [0.1, 0.15) is 25.3 Å². The molecule has 0 radical (unpaired) electrons. The lowest BCUT2D eigenvalue weighted by molar-refractivity contribution is -0.127. The van der Waals surface area contributed by atoms with Gasteiger partial charge in [-0.15, -0.1) is 0 Å². The van der Waals surface area contributed by atoms with Gasteiger partial charge in [0.25, 0.3) is 5.91 Å². The molecule has 2 aliphatic carbocycles. The molecule has 1 fully saturated rings. The highest BCUT2D eigenvalue weighted by atomic mass is 35.5. The zero-order valence-electron chi connectivity index (χ0n) is 13.3. The van der Waals surface area contributed by atoms with Crippen molar-refractivity contribution >= 4 is 23.7 Å². The van der Waals surface area contributed by atoms with E-state index in [9.17, 15) is 4.79 Å². The molecule has 1 aromatic carbocycles. The molecule has 3 rings (SSSR count). The van der Waals surface area contributed by atoms with Gasteiger partial charge in [-0.2, -0.15) is 5.10 Å². The Bertz CT molecular complexity index is 656. The fraction of sp³-hybridized carbons (Fsp3) is 0.444. The quantitative estimate of drug-likeness (QED) is 0.507. The molecular weight excluding hydrogens is 312 g/mol. The number of benzene rings is 1. The van der Waals surface area contributed by atoms with Crippen LogP contribution in [0.15, 0.2) is 35.5 Å². The Morgan fingerprint density at radius 2 is 2.26 bits per heavy atom. The van der Waals surface area contributed by atoms with Crippen LogP contribution in [0.3, 0.4) is 0 Å². The first-order chi connectivity index (χ1) is 11.0. The van der Waals surface area contributed by atoms with E-state index in [0.29, 0.717) is 28.5 Å². The number of fused-ring (bicyclic) bond motifs is 2. The summed E-state index contributed by atoms with van der Waals surface area (Å²) < 4.78 is 5.68. The zero-order chi connectivity index (χ0) is 16.4. The second-order valence-corrected chi connectivity index (χ2v) is 6.80. The lowest BCUT2D eigenvalue weighted by Crippen LogP contribution is -2.33. The van der Waals surface area contributed by atoms with Gasteiger partial charge in [-0.1, -0.05) is 23.8 Å². The third-order valence-electron chi connectivity index (χ3n) is 4.58. The zero-order valence-corrected chi connectivity index (χ0v) is 14.1. The summed E-state index contributed by atoms with van der Waals surface area (Å²) >= 11 is 5.91. The van der Waals surface area contributed by atoms with Crippen molar-refractivity contribution in [2.75, 3.05) is 0 Å². The summed E-state index contributed by atoms with van der Waals surface area (Å²) in [5.41, 5.74) is 3.47. The average molecular weight is 333 g/mol. The number of carbonyl (C=O) groups is 1. The number of aryl methyl sites for hydroxylation is 1. The molecule has 1 aromatic rings. The van der Waals surface area contributed by atoms with E-state index < -0.39 is 6.10 Å². The minimum Gasteiger partial charge on any atom is -0.481 e. The monoisotopic (exact) mass is 332 g/mol. The van der Waals surface area contributed by atoms with Crippen LogP contribution in [-0.4, -0.2) is 18.2 Å². The van der Waals surface area contributed by atoms with E-state index in [2.05, 4.69) is 22.7 Å². The molecule has 0 saturated heterocycles. The fourth-order valence-corrected chi connectivity index (χ4v) is 3.50. The smallest absolute Gasteiger partial charge is 0.280 e. The van der Waals surface area contributed by atoms with Gasteiger partial charge in [0.2, 0.25) is 0 Å². The predicted octanol–water partition coefficient (Wildman–Crippen LogP) is 3.73. The van der Waals surface area contributed by atoms with E-state index >= 15 is 0 Å². The molecule has 1 N–H and O–H groups in total. The van der Waals surface area contributed by atoms with Crippen LogP contribution in [0.25, 0.3) is 0 Å². The maximum atomic E-state index is 12.1. The van der Waals surface area contributed by atoms with Gasteiger partial charge < -0.3 is 4.74 Å². The Hall–Kier alpha value is -1.81. The third-order valence-corrected chi connectivity index (χ3v) is 4.82. The second-order valence-electron chi connectivity index (χ2n) is 6.37. The Kier molecular flexibility index (Phi) is 4.71. The second kappa shape index (κ2) is 6.75. The normalized spacial score (nSPS) is 26.7. The maximum Gasteiger partial charge on any atom is 0.280 e. The van der Waals surface area contributed by atoms with Gasteiger partial charge in [-0.3, -0.25) is 4.79 Å². The van der Waals surface area contributed by atoms with Crippen LogP contribution in [0.4, 0.5) is 0 Å². The van der Waals surface area contributed by atoms with Crippen LogP contribution in [0.2, 0.25) is 5.02 Å². The highest BCUT2D eigenvalue weighted by Gasteiger charge is 2.34. The van der Waals surface area contributed by atoms with Crippen LogP contribution >= 0.6 is 11.6 Å². The molecule has 4 nitrogen and oxygen atoms in total. The van der Waals surface area contributed by atoms with Crippen LogP contribution in [0.5, 0.6) is 5.75 Å². The van der Waals surface area contributed by atoms with Crippen LogP contribution in [-0.2, 0) is 4.79 Å². The van der Waals surface area contributed by atoms with E-state index in [4.69, 9.17) is 16.3 Å². The van der Waals surface area contributed by atoms with Crippen molar-refractivity contribution in [1.29, 1.82) is 0 Å². The summed E-state index contributed by atoms with van der Waals surface area (Å²) in [4.78, 5) is 12.1. The summed E-state index contributed by atoms with van der Waals surface area (Å²) in [6, 6.07) is 5.32. The first-order valence-corrected chi connectivity index (χ1v) is 8.35. The molecule has 23 heavy (non-hydrogen) atoms. The van der Waals surface area contributed by atoms with E-state index in [1.54, 1.807) is 19.1 Å². The predicted molar refractivity (Wildman–Crippen MR) is 91.8 cm³/mol. The summed E-state index contributed by atoms with van der Waals surface area (Å²) in [5, 5.41) is 4.76. The number of nitrogens with one attached hydrogen (secondary N) is 1. The number of carbonyl (C=O) groups excluding carboxylic acids is 1. The highest BCUT2D eigenvalue weighted by Crippen LogP contribution is 2.42. The largest absolute Gasteiger partial charge is 0.481 e. The van der Waals surface area contributed by atoms with Gasteiger partial charge in [0.15, 0.2) is 6.10 Å². The van der Waals surface area contributed by atoms with E-state index in [-0.39, 0.29) is 5.91 Å². The van der Waals surface area contributed by atoms with Gasteiger partial charge in [0.05, 0.1) is 0 Å². The lowest BCUT2D eigenvalue weighted by Gasteiger charge is -2.15. The van der Waals surface area contributed by atoms with Crippen LogP contribution < -0.4 is 10.2 Å². The Morgan fingerprint density at radius 1 is 1.43 bits per heavy atom. The molecule has 2 bridgehead atoms. The Morgan fingerprint density at radius 3 is 2.91 bits per heavy atom. The maximum absolute atomic E-state index is 12.1. The van der Waals surface area contributed by atoms with Crippen molar-refractivity contribution in [2.45, 2.75) is 32.8 Å². The van der Waals surface area contributed by atoms with Crippen molar-refractivity contribution in [1.82, 2.24) is 5.43 Å². The molecule has 0 heterocycles. The third kappa shape index (κ3) is 3.75. The standard InChI is InChI=1S/C18H21ClN2O2/c1-11-7-16(19)5-6-17(11)23-12(2)18(22)21-20-10-15-9-13-3-4-14(15)8-13/h3-7,10,12-15H,8-9H2,1-2H3,(H,21,22). The van der Waals surface area contributed by atoms with Crippen molar-refractivity contribution < 1.29 is 9.53 Å². The topological polar surface area (TPSA) is 50.7 Å². The van der Waals surface area contributed by atoms with Gasteiger partial charge >= 0.3 is 0 Å². The van der Waals surface area contributed by atoms with Gasteiger partial charge in [0.1, 0.15) is 5.75 Å².